The first-order valence-electron chi connectivity index (χ1n) is 7.50. The van der Waals surface area contributed by atoms with Gasteiger partial charge in [0.1, 0.15) is 6.54 Å². The van der Waals surface area contributed by atoms with Crippen LogP contribution in [0, 0.1) is 0 Å². The van der Waals surface area contributed by atoms with Crippen LogP contribution in [0.5, 0.6) is 0 Å². The number of hydrogen-bond donors (Lipinski definition) is 0. The molecule has 0 aliphatic carbocycles. The van der Waals surface area contributed by atoms with Gasteiger partial charge in [0, 0.05) is 35.5 Å². The first kappa shape index (κ1) is 15.5. The molecule has 0 aromatic carbocycles. The van der Waals surface area contributed by atoms with Gasteiger partial charge in [-0.15, -0.1) is 0 Å². The van der Waals surface area contributed by atoms with Crippen molar-refractivity contribution >= 4 is 17.7 Å². The molecule has 1 aromatic rings. The number of likely N-dealkylation sites (tertiary alicyclic amines) is 1. The van der Waals surface area contributed by atoms with Crippen molar-refractivity contribution in [2.75, 3.05) is 12.3 Å². The molecule has 1 fully saturated rings. The summed E-state index contributed by atoms with van der Waals surface area (Å²) < 4.78 is 2.23. The number of amides is 1. The molecule has 1 aliphatic heterocycles. The molecule has 0 saturated carbocycles. The van der Waals surface area contributed by atoms with Crippen LogP contribution in [0.1, 0.15) is 40.0 Å². The van der Waals surface area contributed by atoms with E-state index in [1.165, 1.54) is 6.42 Å². The Bertz CT molecular complexity index is 422. The molecule has 0 N–H and O–H groups in total. The Morgan fingerprint density at radius 1 is 1.25 bits per heavy atom. The van der Waals surface area contributed by atoms with E-state index in [2.05, 4.69) is 25.7 Å². The fraction of sp³-hybridized carbons (Fsp3) is 0.688. The quantitative estimate of drug-likeness (QED) is 0.850. The Hall–Kier alpha value is -0.900. The third kappa shape index (κ3) is 4.58. The van der Waals surface area contributed by atoms with Gasteiger partial charge in [0.15, 0.2) is 0 Å². The van der Waals surface area contributed by atoms with E-state index in [4.69, 9.17) is 0 Å². The highest BCUT2D eigenvalue weighted by atomic mass is 32.2. The predicted molar refractivity (Wildman–Crippen MR) is 86.0 cm³/mol. The summed E-state index contributed by atoms with van der Waals surface area (Å²) in [5.41, 5.74) is 0. The van der Waals surface area contributed by atoms with Crippen LogP contribution in [0.4, 0.5) is 0 Å². The zero-order chi connectivity index (χ0) is 14.6. The number of rotatable bonds is 4. The monoisotopic (exact) mass is 294 g/mol. The van der Waals surface area contributed by atoms with Crippen molar-refractivity contribution in [3.05, 3.63) is 24.5 Å². The van der Waals surface area contributed by atoms with Gasteiger partial charge in [-0.2, -0.15) is 11.8 Å². The fourth-order valence-electron chi connectivity index (χ4n) is 2.57. The molecule has 0 radical (unpaired) electrons. The smallest absolute Gasteiger partial charge is 0.242 e. The lowest BCUT2D eigenvalue weighted by molar-refractivity contribution is -0.134. The summed E-state index contributed by atoms with van der Waals surface area (Å²) in [4.78, 5) is 14.6. The molecular formula is C16H26N2OS. The number of piperidine rings is 1. The van der Waals surface area contributed by atoms with Crippen molar-refractivity contribution in [1.82, 2.24) is 9.47 Å². The largest absolute Gasteiger partial charge is 0.345 e. The maximum absolute atomic E-state index is 12.5. The van der Waals surface area contributed by atoms with Crippen LogP contribution < -0.4 is 0 Å². The van der Waals surface area contributed by atoms with Gasteiger partial charge in [-0.25, -0.2) is 0 Å². The van der Waals surface area contributed by atoms with Crippen molar-refractivity contribution in [2.24, 2.45) is 0 Å². The minimum atomic E-state index is 0.264. The molecule has 1 amide bonds. The van der Waals surface area contributed by atoms with E-state index >= 15 is 0 Å². The first-order valence-corrected chi connectivity index (χ1v) is 8.48. The molecule has 3 nitrogen and oxygen atoms in total. The second-order valence-electron chi connectivity index (χ2n) is 6.52. The normalized spacial score (nSPS) is 20.1. The molecule has 4 heteroatoms. The van der Waals surface area contributed by atoms with Crippen LogP contribution in [0.3, 0.4) is 0 Å². The second-order valence-corrected chi connectivity index (χ2v) is 8.36. The number of thioether (sulfide) groups is 1. The van der Waals surface area contributed by atoms with Crippen LogP contribution in [0.15, 0.2) is 24.5 Å². The van der Waals surface area contributed by atoms with Gasteiger partial charge < -0.3 is 9.47 Å². The maximum atomic E-state index is 12.5. The zero-order valence-corrected chi connectivity index (χ0v) is 13.7. The third-order valence-electron chi connectivity index (χ3n) is 3.64. The Kier molecular flexibility index (Phi) is 5.19. The van der Waals surface area contributed by atoms with E-state index in [1.54, 1.807) is 0 Å². The molecular weight excluding hydrogens is 268 g/mol. The molecule has 0 unspecified atom stereocenters. The molecule has 1 aliphatic rings. The summed E-state index contributed by atoms with van der Waals surface area (Å²) in [6.45, 7) is 8.13. The minimum Gasteiger partial charge on any atom is -0.345 e. The van der Waals surface area contributed by atoms with E-state index < -0.39 is 0 Å². The Morgan fingerprint density at radius 2 is 1.95 bits per heavy atom. The molecule has 2 heterocycles. The van der Waals surface area contributed by atoms with E-state index in [1.807, 2.05) is 40.9 Å². The second kappa shape index (κ2) is 6.70. The molecule has 1 saturated heterocycles. The van der Waals surface area contributed by atoms with Gasteiger partial charge in [0.05, 0.1) is 0 Å². The molecule has 2 rings (SSSR count). The third-order valence-corrected chi connectivity index (χ3v) is 5.06. The lowest BCUT2D eigenvalue weighted by atomic mass is 10.0. The Labute approximate surface area is 126 Å². The Morgan fingerprint density at radius 3 is 2.60 bits per heavy atom. The number of nitrogens with zero attached hydrogens (tertiary/aromatic N) is 2. The van der Waals surface area contributed by atoms with E-state index in [0.29, 0.717) is 12.6 Å². The van der Waals surface area contributed by atoms with Crippen molar-refractivity contribution in [3.63, 3.8) is 0 Å². The first-order chi connectivity index (χ1) is 9.46. The Balaban J connectivity index is 1.93. The van der Waals surface area contributed by atoms with Crippen LogP contribution in [-0.2, 0) is 11.3 Å². The summed E-state index contributed by atoms with van der Waals surface area (Å²) in [7, 11) is 0. The minimum absolute atomic E-state index is 0.264. The highest BCUT2D eigenvalue weighted by Crippen LogP contribution is 2.28. The number of aromatic nitrogens is 1. The van der Waals surface area contributed by atoms with Gasteiger partial charge in [-0.05, 0) is 31.4 Å². The van der Waals surface area contributed by atoms with Crippen molar-refractivity contribution < 1.29 is 4.79 Å². The number of carbonyl (C=O) groups is 1. The maximum Gasteiger partial charge on any atom is 0.242 e. The van der Waals surface area contributed by atoms with Crippen LogP contribution in [0.2, 0.25) is 0 Å². The summed E-state index contributed by atoms with van der Waals surface area (Å²) in [6, 6.07) is 4.35. The van der Waals surface area contributed by atoms with E-state index in [-0.39, 0.29) is 10.7 Å². The highest BCUT2D eigenvalue weighted by molar-refractivity contribution is 8.00. The van der Waals surface area contributed by atoms with Crippen LogP contribution in [-0.4, -0.2) is 38.5 Å². The van der Waals surface area contributed by atoms with E-state index in [9.17, 15) is 4.79 Å². The van der Waals surface area contributed by atoms with Gasteiger partial charge in [0.2, 0.25) is 5.91 Å². The van der Waals surface area contributed by atoms with Gasteiger partial charge in [-0.3, -0.25) is 4.79 Å². The summed E-state index contributed by atoms with van der Waals surface area (Å²) in [5.74, 6) is 1.32. The molecule has 1 atom stereocenters. The van der Waals surface area contributed by atoms with Crippen molar-refractivity contribution in [1.29, 1.82) is 0 Å². The topological polar surface area (TPSA) is 25.2 Å². The standard InChI is InChI=1S/C16H26N2OS/c1-16(2,3)20-13-14-8-4-5-11-18(14)15(19)12-17-9-6-7-10-17/h6-7,9-10,14H,4-5,8,11-13H2,1-3H3/t14-/m1/s1. The average molecular weight is 294 g/mol. The van der Waals surface area contributed by atoms with Crippen molar-refractivity contribution in [2.45, 2.75) is 57.4 Å². The lowest BCUT2D eigenvalue weighted by Gasteiger charge is -2.37. The number of hydrogen-bond acceptors (Lipinski definition) is 2. The summed E-state index contributed by atoms with van der Waals surface area (Å²) >= 11 is 1.97. The SMILES string of the molecule is CC(C)(C)SC[C@H]1CCCCN1C(=O)Cn1cccc1. The van der Waals surface area contributed by atoms with Gasteiger partial charge in [0.25, 0.3) is 0 Å². The molecule has 112 valence electrons. The molecule has 20 heavy (non-hydrogen) atoms. The molecule has 0 spiro atoms. The fourth-order valence-corrected chi connectivity index (χ4v) is 3.61. The lowest BCUT2D eigenvalue weighted by Crippen LogP contribution is -2.46. The van der Waals surface area contributed by atoms with Gasteiger partial charge in [-0.1, -0.05) is 20.8 Å². The van der Waals surface area contributed by atoms with Crippen LogP contribution in [0.25, 0.3) is 0 Å². The highest BCUT2D eigenvalue weighted by Gasteiger charge is 2.27. The van der Waals surface area contributed by atoms with Crippen LogP contribution >= 0.6 is 11.8 Å². The molecule has 0 bridgehead atoms. The summed E-state index contributed by atoms with van der Waals surface area (Å²) in [5, 5.41) is 0. The average Bonchev–Trinajstić information content (AvgIpc) is 2.88. The predicted octanol–water partition coefficient (Wildman–Crippen LogP) is 3.40. The van der Waals surface area contributed by atoms with Crippen molar-refractivity contribution in [3.8, 4) is 0 Å². The number of carbonyl (C=O) groups excluding carboxylic acids is 1. The molecule has 1 aromatic heterocycles. The van der Waals surface area contributed by atoms with E-state index in [0.717, 1.165) is 25.1 Å². The zero-order valence-electron chi connectivity index (χ0n) is 12.8. The summed E-state index contributed by atoms with van der Waals surface area (Å²) in [6.07, 6.45) is 7.47. The van der Waals surface area contributed by atoms with Gasteiger partial charge >= 0.3 is 0 Å².